The van der Waals surface area contributed by atoms with Gasteiger partial charge in [0.25, 0.3) is 5.91 Å². The number of methoxy groups -OCH3 is 1. The van der Waals surface area contributed by atoms with Crippen LogP contribution in [0.15, 0.2) is 98.6 Å². The summed E-state index contributed by atoms with van der Waals surface area (Å²) in [6.45, 7) is 0. The Kier molecular flexibility index (Phi) is 6.54. The topological polar surface area (TPSA) is 80.6 Å². The number of fused-ring (bicyclic) bond motifs is 2. The van der Waals surface area contributed by atoms with Crippen molar-refractivity contribution in [3.05, 3.63) is 105 Å². The first kappa shape index (κ1) is 23.7. The maximum absolute atomic E-state index is 13.0. The number of amides is 1. The highest BCUT2D eigenvalue weighted by molar-refractivity contribution is 9.10. The second-order valence-corrected chi connectivity index (χ2v) is 9.21. The van der Waals surface area contributed by atoms with E-state index >= 15 is 0 Å². The second-order valence-electron chi connectivity index (χ2n) is 7.95. The number of hydrogen-bond acceptors (Lipinski definition) is 5. The maximum atomic E-state index is 13.0. The number of halogens is 1. The van der Waals surface area contributed by atoms with Gasteiger partial charge in [-0.05, 0) is 65.0 Å². The summed E-state index contributed by atoms with van der Waals surface area (Å²) in [5, 5.41) is 8.38. The Morgan fingerprint density at radius 1 is 0.944 bits per heavy atom. The molecule has 4 aromatic carbocycles. The first-order valence-corrected chi connectivity index (χ1v) is 12.2. The Morgan fingerprint density at radius 2 is 1.72 bits per heavy atom. The monoisotopic (exact) mass is 558 g/mol. The summed E-state index contributed by atoms with van der Waals surface area (Å²) in [5.41, 5.74) is 2.06. The molecule has 0 unspecified atom stereocenters. The molecule has 2 N–H and O–H groups in total. The van der Waals surface area contributed by atoms with Crippen molar-refractivity contribution in [2.45, 2.75) is 0 Å². The predicted molar refractivity (Wildman–Crippen MR) is 150 cm³/mol. The number of anilines is 1. The molecule has 1 amide bonds. The summed E-state index contributed by atoms with van der Waals surface area (Å²) in [4.78, 5) is 25.7. The number of rotatable bonds is 4. The fraction of sp³-hybridized carbons (Fsp3) is 0.0357. The van der Waals surface area contributed by atoms with Crippen molar-refractivity contribution >= 4 is 66.6 Å². The van der Waals surface area contributed by atoms with E-state index in [2.05, 4.69) is 26.6 Å². The molecule has 8 heteroatoms. The van der Waals surface area contributed by atoms with Crippen molar-refractivity contribution in [1.82, 2.24) is 5.32 Å². The molecule has 0 spiro atoms. The normalized spacial score (nSPS) is 10.8. The number of hydrogen-bond donors (Lipinski definition) is 2. The largest absolute Gasteiger partial charge is 0.495 e. The van der Waals surface area contributed by atoms with Gasteiger partial charge in [0.15, 0.2) is 5.11 Å². The lowest BCUT2D eigenvalue weighted by Crippen LogP contribution is -2.34. The minimum atomic E-state index is -0.456. The van der Waals surface area contributed by atoms with Gasteiger partial charge in [0, 0.05) is 15.4 Å². The molecule has 0 bridgehead atoms. The van der Waals surface area contributed by atoms with Gasteiger partial charge in [-0.1, -0.05) is 64.5 Å². The Morgan fingerprint density at radius 3 is 2.56 bits per heavy atom. The fourth-order valence-electron chi connectivity index (χ4n) is 4.03. The molecule has 0 saturated heterocycles. The molecule has 1 heterocycles. The molecule has 6 nitrogen and oxygen atoms in total. The first-order chi connectivity index (χ1) is 17.4. The molecule has 0 fully saturated rings. The van der Waals surface area contributed by atoms with E-state index in [4.69, 9.17) is 21.4 Å². The van der Waals surface area contributed by atoms with Crippen molar-refractivity contribution in [1.29, 1.82) is 0 Å². The molecule has 178 valence electrons. The Hall–Kier alpha value is -4.01. The van der Waals surface area contributed by atoms with Crippen LogP contribution in [-0.2, 0) is 0 Å². The molecular weight excluding hydrogens is 540 g/mol. The maximum Gasteiger partial charge on any atom is 0.344 e. The van der Waals surface area contributed by atoms with Gasteiger partial charge in [-0.3, -0.25) is 10.1 Å². The van der Waals surface area contributed by atoms with E-state index in [0.29, 0.717) is 33.7 Å². The third-order valence-electron chi connectivity index (χ3n) is 5.74. The third-order valence-corrected chi connectivity index (χ3v) is 6.64. The van der Waals surface area contributed by atoms with Crippen molar-refractivity contribution in [3.63, 3.8) is 0 Å². The number of carbonyl (C=O) groups excluding carboxylic acids is 1. The van der Waals surface area contributed by atoms with Crippen LogP contribution in [0.2, 0.25) is 0 Å². The molecule has 0 saturated carbocycles. The quantitative estimate of drug-likeness (QED) is 0.193. The lowest BCUT2D eigenvalue weighted by molar-refractivity contribution is 0.0979. The summed E-state index contributed by atoms with van der Waals surface area (Å²) in [7, 11) is 1.53. The Labute approximate surface area is 220 Å². The summed E-state index contributed by atoms with van der Waals surface area (Å²) in [6, 6.07) is 25.5. The zero-order valence-corrected chi connectivity index (χ0v) is 21.4. The van der Waals surface area contributed by atoms with Gasteiger partial charge in [0.05, 0.1) is 18.4 Å². The van der Waals surface area contributed by atoms with E-state index in [1.807, 2.05) is 48.5 Å². The van der Waals surface area contributed by atoms with Gasteiger partial charge in [0.2, 0.25) is 0 Å². The van der Waals surface area contributed by atoms with Crippen LogP contribution in [0.4, 0.5) is 5.69 Å². The van der Waals surface area contributed by atoms with Crippen molar-refractivity contribution in [2.24, 2.45) is 0 Å². The van der Waals surface area contributed by atoms with Crippen LogP contribution < -0.4 is 21.0 Å². The summed E-state index contributed by atoms with van der Waals surface area (Å²) < 4.78 is 11.8. The number of thiocarbonyl (C=S) groups is 1. The van der Waals surface area contributed by atoms with Crippen LogP contribution in [0.25, 0.3) is 32.9 Å². The number of carbonyl (C=O) groups is 1. The highest BCUT2D eigenvalue weighted by Crippen LogP contribution is 2.31. The average molecular weight is 559 g/mol. The Balaban J connectivity index is 1.43. The SMILES string of the molecule is COc1ccc(-c2cc3ccccc3oc2=O)cc1NC(=S)NC(=O)c1cccc2c(Br)cccc12. The highest BCUT2D eigenvalue weighted by Gasteiger charge is 2.15. The van der Waals surface area contributed by atoms with E-state index in [1.54, 1.807) is 36.4 Å². The van der Waals surface area contributed by atoms with Crippen LogP contribution in [-0.4, -0.2) is 18.1 Å². The highest BCUT2D eigenvalue weighted by atomic mass is 79.9. The van der Waals surface area contributed by atoms with Gasteiger partial charge in [-0.15, -0.1) is 0 Å². The van der Waals surface area contributed by atoms with Crippen LogP contribution >= 0.6 is 28.1 Å². The molecule has 0 aliphatic rings. The molecule has 5 aromatic rings. The van der Waals surface area contributed by atoms with Gasteiger partial charge in [0.1, 0.15) is 11.3 Å². The van der Waals surface area contributed by atoms with Gasteiger partial charge in [-0.25, -0.2) is 4.79 Å². The summed E-state index contributed by atoms with van der Waals surface area (Å²) >= 11 is 8.95. The van der Waals surface area contributed by atoms with Crippen LogP contribution in [0.1, 0.15) is 10.4 Å². The van der Waals surface area contributed by atoms with E-state index in [9.17, 15) is 9.59 Å². The average Bonchev–Trinajstić information content (AvgIpc) is 2.88. The van der Waals surface area contributed by atoms with E-state index in [1.165, 1.54) is 7.11 Å². The molecule has 1 aromatic heterocycles. The first-order valence-electron chi connectivity index (χ1n) is 11.0. The molecule has 0 aliphatic heterocycles. The Bertz CT molecular complexity index is 1710. The smallest absolute Gasteiger partial charge is 0.344 e. The third kappa shape index (κ3) is 4.60. The lowest BCUT2D eigenvalue weighted by Gasteiger charge is -2.15. The zero-order chi connectivity index (χ0) is 25.2. The number of benzene rings is 4. The molecule has 0 aliphatic carbocycles. The number of nitrogens with one attached hydrogen (secondary N) is 2. The van der Waals surface area contributed by atoms with Gasteiger partial charge < -0.3 is 14.5 Å². The minimum absolute atomic E-state index is 0.0907. The molecule has 5 rings (SSSR count). The minimum Gasteiger partial charge on any atom is -0.495 e. The second kappa shape index (κ2) is 9.93. The predicted octanol–water partition coefficient (Wildman–Crippen LogP) is 6.51. The van der Waals surface area contributed by atoms with Gasteiger partial charge in [-0.2, -0.15) is 0 Å². The molecule has 0 radical (unpaired) electrons. The summed E-state index contributed by atoms with van der Waals surface area (Å²) in [6.07, 6.45) is 0. The zero-order valence-electron chi connectivity index (χ0n) is 19.0. The fourth-order valence-corrected chi connectivity index (χ4v) is 4.73. The molecule has 36 heavy (non-hydrogen) atoms. The van der Waals surface area contributed by atoms with Crippen LogP contribution in [0.3, 0.4) is 0 Å². The lowest BCUT2D eigenvalue weighted by atomic mass is 10.0. The number of ether oxygens (including phenoxy) is 1. The van der Waals surface area contributed by atoms with E-state index in [-0.39, 0.29) is 11.0 Å². The molecular formula is C28H19BrN2O4S. The number of para-hydroxylation sites is 1. The van der Waals surface area contributed by atoms with E-state index < -0.39 is 5.63 Å². The molecule has 0 atom stereocenters. The standard InChI is InChI=1S/C28H19BrN2O4S/c1-34-25-13-12-16(21-14-17-6-2-3-11-24(17)35-27(21)33)15-23(25)30-28(36)31-26(32)20-9-4-8-19-18(20)7-5-10-22(19)29/h2-15H,1H3,(H2,30,31,32,36). The van der Waals surface area contributed by atoms with Gasteiger partial charge >= 0.3 is 5.63 Å². The summed E-state index contributed by atoms with van der Waals surface area (Å²) in [5.74, 6) is 0.149. The van der Waals surface area contributed by atoms with Crippen LogP contribution in [0.5, 0.6) is 5.75 Å². The van der Waals surface area contributed by atoms with Crippen molar-refractivity contribution in [2.75, 3.05) is 12.4 Å². The van der Waals surface area contributed by atoms with Crippen molar-refractivity contribution in [3.8, 4) is 16.9 Å². The van der Waals surface area contributed by atoms with E-state index in [0.717, 1.165) is 20.6 Å². The van der Waals surface area contributed by atoms with Crippen molar-refractivity contribution < 1.29 is 13.9 Å². The van der Waals surface area contributed by atoms with Crippen LogP contribution in [0, 0.1) is 0 Å².